The average Bonchev–Trinajstić information content (AvgIpc) is 2.59. The molecule has 0 saturated heterocycles. The maximum absolute atomic E-state index is 13.0. The Kier molecular flexibility index (Phi) is 5.64. The zero-order valence-corrected chi connectivity index (χ0v) is 17.8. The number of rotatable bonds is 4. The van der Waals surface area contributed by atoms with Gasteiger partial charge in [0.1, 0.15) is 0 Å². The molecule has 0 aromatic heterocycles. The lowest BCUT2D eigenvalue weighted by molar-refractivity contribution is -0.117. The van der Waals surface area contributed by atoms with E-state index in [0.717, 1.165) is 16.7 Å². The summed E-state index contributed by atoms with van der Waals surface area (Å²) in [5, 5.41) is 2.93. The molecule has 0 radical (unpaired) electrons. The first-order chi connectivity index (χ1) is 13.0. The number of hydrogen-bond donors (Lipinski definition) is 1. The van der Waals surface area contributed by atoms with Crippen LogP contribution in [0.25, 0.3) is 0 Å². The fraction of sp³-hybridized carbons (Fsp3) is 0.409. The highest BCUT2D eigenvalue weighted by atomic mass is 32.2. The van der Waals surface area contributed by atoms with Gasteiger partial charge in [0.05, 0.1) is 4.90 Å². The van der Waals surface area contributed by atoms with E-state index in [1.54, 1.807) is 12.1 Å². The van der Waals surface area contributed by atoms with Crippen LogP contribution < -0.4 is 5.32 Å². The number of sulfonamides is 1. The lowest BCUT2D eigenvalue weighted by Gasteiger charge is -2.28. The van der Waals surface area contributed by atoms with E-state index >= 15 is 0 Å². The van der Waals surface area contributed by atoms with Gasteiger partial charge in [-0.05, 0) is 54.2 Å². The van der Waals surface area contributed by atoms with Gasteiger partial charge in [-0.3, -0.25) is 4.79 Å². The van der Waals surface area contributed by atoms with Crippen LogP contribution in [-0.4, -0.2) is 25.2 Å². The minimum Gasteiger partial charge on any atom is -0.326 e. The van der Waals surface area contributed by atoms with Gasteiger partial charge < -0.3 is 5.32 Å². The van der Waals surface area contributed by atoms with Crippen LogP contribution in [-0.2, 0) is 27.8 Å². The maximum Gasteiger partial charge on any atom is 0.243 e. The zero-order chi connectivity index (χ0) is 20.5. The fourth-order valence-electron chi connectivity index (χ4n) is 3.36. The van der Waals surface area contributed by atoms with Crippen molar-refractivity contribution < 1.29 is 13.2 Å². The Hall–Kier alpha value is -2.18. The lowest BCUT2D eigenvalue weighted by Crippen LogP contribution is -2.36. The van der Waals surface area contributed by atoms with E-state index in [4.69, 9.17) is 0 Å². The molecule has 0 atom stereocenters. The number of anilines is 1. The molecule has 0 bridgehead atoms. The van der Waals surface area contributed by atoms with Crippen molar-refractivity contribution in [3.63, 3.8) is 0 Å². The van der Waals surface area contributed by atoms with Crippen molar-refractivity contribution in [3.8, 4) is 0 Å². The van der Waals surface area contributed by atoms with Crippen molar-refractivity contribution in [2.45, 2.75) is 52.0 Å². The molecule has 0 saturated carbocycles. The highest BCUT2D eigenvalue weighted by Gasteiger charge is 2.28. The van der Waals surface area contributed by atoms with Crippen molar-refractivity contribution in [2.75, 3.05) is 11.9 Å². The number of carbonyl (C=O) groups excluding carboxylic acids is 1. The van der Waals surface area contributed by atoms with Gasteiger partial charge in [0.15, 0.2) is 0 Å². The number of benzene rings is 2. The van der Waals surface area contributed by atoms with Gasteiger partial charge in [-0.2, -0.15) is 4.31 Å². The number of hydrogen-bond acceptors (Lipinski definition) is 3. The Morgan fingerprint density at radius 3 is 2.39 bits per heavy atom. The molecule has 6 heteroatoms. The summed E-state index contributed by atoms with van der Waals surface area (Å²) < 4.78 is 27.5. The summed E-state index contributed by atoms with van der Waals surface area (Å²) in [5.74, 6) is -0.0348. The van der Waals surface area contributed by atoms with Crippen molar-refractivity contribution >= 4 is 21.6 Å². The Labute approximate surface area is 167 Å². The van der Waals surface area contributed by atoms with Crippen LogP contribution >= 0.6 is 0 Å². The Bertz CT molecular complexity index is 974. The summed E-state index contributed by atoms with van der Waals surface area (Å²) in [6.45, 7) is 8.77. The van der Waals surface area contributed by atoms with Crippen LogP contribution in [0.4, 0.5) is 5.69 Å². The quantitative estimate of drug-likeness (QED) is 0.840. The third-order valence-electron chi connectivity index (χ3n) is 4.82. The largest absolute Gasteiger partial charge is 0.326 e. The topological polar surface area (TPSA) is 66.5 Å². The number of nitrogens with one attached hydrogen (secondary N) is 1. The molecule has 1 heterocycles. The van der Waals surface area contributed by atoms with E-state index in [9.17, 15) is 13.2 Å². The minimum absolute atomic E-state index is 0.0348. The molecule has 0 spiro atoms. The SMILES string of the molecule is Cc1ccc(S(=O)(=O)N2CCc3ccc(NC(=O)CC(C)(C)C)cc3C2)cc1. The van der Waals surface area contributed by atoms with Gasteiger partial charge in [0, 0.05) is 25.2 Å². The second-order valence-electron chi connectivity index (χ2n) is 8.67. The van der Waals surface area contributed by atoms with Crippen LogP contribution in [0.1, 0.15) is 43.9 Å². The Balaban J connectivity index is 1.78. The van der Waals surface area contributed by atoms with Crippen molar-refractivity contribution in [2.24, 2.45) is 5.41 Å². The Morgan fingerprint density at radius 1 is 1.07 bits per heavy atom. The van der Waals surface area contributed by atoms with Gasteiger partial charge in [0.2, 0.25) is 15.9 Å². The fourth-order valence-corrected chi connectivity index (χ4v) is 4.78. The zero-order valence-electron chi connectivity index (χ0n) is 17.0. The summed E-state index contributed by atoms with van der Waals surface area (Å²) in [5.41, 5.74) is 3.72. The van der Waals surface area contributed by atoms with Crippen LogP contribution in [0.5, 0.6) is 0 Å². The first-order valence-corrected chi connectivity index (χ1v) is 11.0. The first-order valence-electron chi connectivity index (χ1n) is 9.53. The number of nitrogens with zero attached hydrogens (tertiary/aromatic N) is 1. The van der Waals surface area contributed by atoms with E-state index in [1.807, 2.05) is 58.0 Å². The molecule has 0 fully saturated rings. The highest BCUT2D eigenvalue weighted by Crippen LogP contribution is 2.28. The van der Waals surface area contributed by atoms with E-state index in [2.05, 4.69) is 5.32 Å². The van der Waals surface area contributed by atoms with Gasteiger partial charge >= 0.3 is 0 Å². The molecule has 5 nitrogen and oxygen atoms in total. The number of amides is 1. The first kappa shape index (κ1) is 20.6. The summed E-state index contributed by atoms with van der Waals surface area (Å²) in [4.78, 5) is 12.5. The smallest absolute Gasteiger partial charge is 0.243 e. The third-order valence-corrected chi connectivity index (χ3v) is 6.68. The average molecular weight is 401 g/mol. The predicted octanol–water partition coefficient (Wildman–Crippen LogP) is 4.12. The standard InChI is InChI=1S/C22H28N2O3S/c1-16-5-9-20(10-6-16)28(26,27)24-12-11-17-7-8-19(13-18(17)15-24)23-21(25)14-22(2,3)4/h5-10,13H,11-12,14-15H2,1-4H3,(H,23,25). The second-order valence-corrected chi connectivity index (χ2v) is 10.6. The summed E-state index contributed by atoms with van der Waals surface area (Å²) in [6, 6.07) is 12.7. The molecule has 1 N–H and O–H groups in total. The van der Waals surface area contributed by atoms with Crippen LogP contribution in [0.15, 0.2) is 47.4 Å². The molecule has 28 heavy (non-hydrogen) atoms. The number of aryl methyl sites for hydroxylation is 1. The van der Waals surface area contributed by atoms with Crippen LogP contribution in [0.3, 0.4) is 0 Å². The molecule has 1 amide bonds. The van der Waals surface area contributed by atoms with Gasteiger partial charge in [-0.25, -0.2) is 8.42 Å². The second kappa shape index (κ2) is 7.68. The molecule has 2 aromatic carbocycles. The molecule has 150 valence electrons. The van der Waals surface area contributed by atoms with Crippen molar-refractivity contribution in [3.05, 3.63) is 59.2 Å². The van der Waals surface area contributed by atoms with E-state index in [1.165, 1.54) is 4.31 Å². The maximum atomic E-state index is 13.0. The van der Waals surface area contributed by atoms with Crippen molar-refractivity contribution in [1.29, 1.82) is 0 Å². The molecule has 1 aliphatic heterocycles. The minimum atomic E-state index is -3.54. The van der Waals surface area contributed by atoms with Crippen molar-refractivity contribution in [1.82, 2.24) is 4.31 Å². The molecule has 0 aliphatic carbocycles. The monoisotopic (exact) mass is 400 g/mol. The number of carbonyl (C=O) groups is 1. The molecule has 3 rings (SSSR count). The van der Waals surface area contributed by atoms with E-state index in [-0.39, 0.29) is 11.3 Å². The molecular formula is C22H28N2O3S. The van der Waals surface area contributed by atoms with Crippen LogP contribution in [0, 0.1) is 12.3 Å². The third kappa shape index (κ3) is 4.80. The highest BCUT2D eigenvalue weighted by molar-refractivity contribution is 7.89. The van der Waals surface area contributed by atoms with E-state index in [0.29, 0.717) is 36.5 Å². The summed E-state index contributed by atoms with van der Waals surface area (Å²) in [7, 11) is -3.54. The molecule has 0 unspecified atom stereocenters. The predicted molar refractivity (Wildman–Crippen MR) is 112 cm³/mol. The summed E-state index contributed by atoms with van der Waals surface area (Å²) >= 11 is 0. The number of fused-ring (bicyclic) bond motifs is 1. The molecule has 1 aliphatic rings. The van der Waals surface area contributed by atoms with Gasteiger partial charge in [0.25, 0.3) is 0 Å². The Morgan fingerprint density at radius 2 is 1.75 bits per heavy atom. The van der Waals surface area contributed by atoms with Gasteiger partial charge in [-0.1, -0.05) is 44.5 Å². The van der Waals surface area contributed by atoms with Gasteiger partial charge in [-0.15, -0.1) is 0 Å². The van der Waals surface area contributed by atoms with E-state index < -0.39 is 10.0 Å². The molecule has 2 aromatic rings. The molecular weight excluding hydrogens is 372 g/mol. The van der Waals surface area contributed by atoms with Crippen LogP contribution in [0.2, 0.25) is 0 Å². The normalized spacial score (nSPS) is 15.1. The lowest BCUT2D eigenvalue weighted by atomic mass is 9.92. The summed E-state index contributed by atoms with van der Waals surface area (Å²) in [6.07, 6.45) is 1.09.